The summed E-state index contributed by atoms with van der Waals surface area (Å²) in [6, 6.07) is 4.40. The number of benzene rings is 1. The second kappa shape index (κ2) is 7.77. The van der Waals surface area contributed by atoms with Crippen LogP contribution in [0, 0.1) is 13.8 Å². The Balaban J connectivity index is 1.49. The number of methoxy groups -OCH3 is 1. The van der Waals surface area contributed by atoms with Crippen LogP contribution in [0.1, 0.15) is 53.0 Å². The van der Waals surface area contributed by atoms with Crippen molar-refractivity contribution < 1.29 is 4.74 Å². The van der Waals surface area contributed by atoms with Crippen LogP contribution in [0.2, 0.25) is 0 Å². The fourth-order valence-corrected chi connectivity index (χ4v) is 4.01. The lowest BCUT2D eigenvalue weighted by Gasteiger charge is -2.29. The third kappa shape index (κ3) is 3.88. The van der Waals surface area contributed by atoms with E-state index in [9.17, 15) is 0 Å². The van der Waals surface area contributed by atoms with E-state index < -0.39 is 0 Å². The molecule has 5 nitrogen and oxygen atoms in total. The summed E-state index contributed by atoms with van der Waals surface area (Å²) in [7, 11) is 1.73. The minimum absolute atomic E-state index is 0.850. The van der Waals surface area contributed by atoms with Gasteiger partial charge in [-0.3, -0.25) is 9.89 Å². The molecule has 2 aliphatic rings. The predicted octanol–water partition coefficient (Wildman–Crippen LogP) is 3.63. The molecule has 2 aliphatic heterocycles. The second-order valence-corrected chi connectivity index (χ2v) is 7.66. The van der Waals surface area contributed by atoms with Crippen LogP contribution in [-0.2, 0) is 19.5 Å². The predicted molar refractivity (Wildman–Crippen MR) is 108 cm³/mol. The highest BCUT2D eigenvalue weighted by atomic mass is 16.5. The Morgan fingerprint density at radius 3 is 2.78 bits per heavy atom. The molecule has 0 aliphatic carbocycles. The maximum atomic E-state index is 5.44. The molecule has 0 amide bonds. The van der Waals surface area contributed by atoms with Gasteiger partial charge in [-0.15, -0.1) is 0 Å². The first-order valence-electron chi connectivity index (χ1n) is 9.89. The van der Waals surface area contributed by atoms with Crippen molar-refractivity contribution in [3.63, 3.8) is 0 Å². The van der Waals surface area contributed by atoms with E-state index in [1.165, 1.54) is 40.8 Å². The molecule has 1 aromatic heterocycles. The first-order chi connectivity index (χ1) is 13.1. The Hall–Kier alpha value is -2.27. The number of aromatic nitrogens is 2. The van der Waals surface area contributed by atoms with E-state index in [4.69, 9.17) is 9.72 Å². The van der Waals surface area contributed by atoms with Gasteiger partial charge in [-0.2, -0.15) is 0 Å². The van der Waals surface area contributed by atoms with Gasteiger partial charge in [0, 0.05) is 44.4 Å². The SMILES string of the molecule is COc1cc(C)c(CN2CCc3nc(C4=NCCCC4)ncc3C2)cc1C. The lowest BCUT2D eigenvalue weighted by Crippen LogP contribution is -2.31. The molecule has 0 spiro atoms. The van der Waals surface area contributed by atoms with Gasteiger partial charge in [0.2, 0.25) is 0 Å². The smallest absolute Gasteiger partial charge is 0.173 e. The molecule has 0 bridgehead atoms. The monoisotopic (exact) mass is 364 g/mol. The first kappa shape index (κ1) is 18.1. The highest BCUT2D eigenvalue weighted by Crippen LogP contribution is 2.25. The average molecular weight is 364 g/mol. The summed E-state index contributed by atoms with van der Waals surface area (Å²) in [5.41, 5.74) is 7.39. The molecule has 27 heavy (non-hydrogen) atoms. The molecule has 0 atom stereocenters. The summed E-state index contributed by atoms with van der Waals surface area (Å²) >= 11 is 0. The Kier molecular flexibility index (Phi) is 5.21. The highest BCUT2D eigenvalue weighted by molar-refractivity contribution is 5.97. The van der Waals surface area contributed by atoms with Crippen molar-refractivity contribution in [3.8, 4) is 5.75 Å². The molecule has 1 aromatic carbocycles. The zero-order valence-corrected chi connectivity index (χ0v) is 16.6. The van der Waals surface area contributed by atoms with Gasteiger partial charge >= 0.3 is 0 Å². The maximum absolute atomic E-state index is 5.44. The van der Waals surface area contributed by atoms with Gasteiger partial charge in [0.05, 0.1) is 18.5 Å². The van der Waals surface area contributed by atoms with E-state index in [0.29, 0.717) is 0 Å². The van der Waals surface area contributed by atoms with Crippen molar-refractivity contribution in [1.82, 2.24) is 14.9 Å². The maximum Gasteiger partial charge on any atom is 0.173 e. The largest absolute Gasteiger partial charge is 0.496 e. The van der Waals surface area contributed by atoms with E-state index in [-0.39, 0.29) is 0 Å². The number of aliphatic imine (C=N–C) groups is 1. The number of fused-ring (bicyclic) bond motifs is 1. The van der Waals surface area contributed by atoms with Crippen LogP contribution < -0.4 is 4.74 Å². The number of hydrogen-bond acceptors (Lipinski definition) is 5. The molecule has 0 N–H and O–H groups in total. The number of rotatable bonds is 4. The van der Waals surface area contributed by atoms with Crippen LogP contribution in [-0.4, -0.2) is 40.8 Å². The number of hydrogen-bond donors (Lipinski definition) is 0. The first-order valence-corrected chi connectivity index (χ1v) is 9.89. The van der Waals surface area contributed by atoms with E-state index >= 15 is 0 Å². The summed E-state index contributed by atoms with van der Waals surface area (Å²) in [4.78, 5) is 16.6. The van der Waals surface area contributed by atoms with Crippen molar-refractivity contribution in [2.75, 3.05) is 20.2 Å². The van der Waals surface area contributed by atoms with Gasteiger partial charge in [-0.25, -0.2) is 9.97 Å². The van der Waals surface area contributed by atoms with Crippen molar-refractivity contribution in [2.24, 2.45) is 4.99 Å². The van der Waals surface area contributed by atoms with Crippen LogP contribution in [0.4, 0.5) is 0 Å². The van der Waals surface area contributed by atoms with Gasteiger partial charge in [0.15, 0.2) is 5.82 Å². The lowest BCUT2D eigenvalue weighted by atomic mass is 10.0. The molecule has 5 heteroatoms. The quantitative estimate of drug-likeness (QED) is 0.831. The Morgan fingerprint density at radius 2 is 2.00 bits per heavy atom. The molecule has 2 aromatic rings. The van der Waals surface area contributed by atoms with Crippen molar-refractivity contribution >= 4 is 5.71 Å². The van der Waals surface area contributed by atoms with Gasteiger partial charge in [0.25, 0.3) is 0 Å². The highest BCUT2D eigenvalue weighted by Gasteiger charge is 2.21. The fraction of sp³-hybridized carbons (Fsp3) is 0.500. The van der Waals surface area contributed by atoms with E-state index in [2.05, 4.69) is 40.9 Å². The second-order valence-electron chi connectivity index (χ2n) is 7.66. The number of ether oxygens (including phenoxy) is 1. The van der Waals surface area contributed by atoms with E-state index in [1.54, 1.807) is 7.11 Å². The van der Waals surface area contributed by atoms with Crippen molar-refractivity contribution in [1.29, 1.82) is 0 Å². The van der Waals surface area contributed by atoms with Gasteiger partial charge in [0.1, 0.15) is 5.75 Å². The normalized spacial score (nSPS) is 17.4. The molecule has 142 valence electrons. The average Bonchev–Trinajstić information content (AvgIpc) is 2.70. The van der Waals surface area contributed by atoms with Gasteiger partial charge < -0.3 is 4.74 Å². The lowest BCUT2D eigenvalue weighted by molar-refractivity contribution is 0.242. The molecular formula is C22H28N4O. The molecule has 4 rings (SSSR count). The van der Waals surface area contributed by atoms with Crippen LogP contribution in [0.25, 0.3) is 0 Å². The molecule has 0 saturated heterocycles. The van der Waals surface area contributed by atoms with Crippen molar-refractivity contribution in [2.45, 2.75) is 52.6 Å². The summed E-state index contributed by atoms with van der Waals surface area (Å²) in [5.74, 6) is 1.82. The zero-order valence-electron chi connectivity index (χ0n) is 16.6. The van der Waals surface area contributed by atoms with Crippen molar-refractivity contribution in [3.05, 3.63) is 52.1 Å². The summed E-state index contributed by atoms with van der Waals surface area (Å²) in [6.07, 6.45) is 6.40. The van der Waals surface area contributed by atoms with E-state index in [1.807, 2.05) is 6.20 Å². The van der Waals surface area contributed by atoms with Gasteiger partial charge in [-0.1, -0.05) is 6.07 Å². The zero-order chi connectivity index (χ0) is 18.8. The minimum Gasteiger partial charge on any atom is -0.496 e. The fourth-order valence-electron chi connectivity index (χ4n) is 4.01. The number of nitrogens with zero attached hydrogens (tertiary/aromatic N) is 4. The van der Waals surface area contributed by atoms with Crippen LogP contribution in [0.3, 0.4) is 0 Å². The molecule has 0 fully saturated rings. The minimum atomic E-state index is 0.850. The summed E-state index contributed by atoms with van der Waals surface area (Å²) in [5, 5.41) is 0. The Bertz CT molecular complexity index is 875. The molecule has 0 radical (unpaired) electrons. The van der Waals surface area contributed by atoms with E-state index in [0.717, 1.165) is 56.3 Å². The standard InChI is InChI=1S/C22H28N4O/c1-15-11-21(27-3)16(2)10-17(15)13-26-9-7-19-18(14-26)12-24-22(25-19)20-6-4-5-8-23-20/h10-12H,4-9,13-14H2,1-3H3. The third-order valence-electron chi connectivity index (χ3n) is 5.64. The molecule has 0 saturated carbocycles. The topological polar surface area (TPSA) is 50.6 Å². The van der Waals surface area contributed by atoms with Crippen LogP contribution in [0.15, 0.2) is 23.3 Å². The Morgan fingerprint density at radius 1 is 1.11 bits per heavy atom. The third-order valence-corrected chi connectivity index (χ3v) is 5.64. The summed E-state index contributed by atoms with van der Waals surface area (Å²) in [6.45, 7) is 8.08. The van der Waals surface area contributed by atoms with Gasteiger partial charge in [-0.05, 0) is 55.9 Å². The number of aryl methyl sites for hydroxylation is 2. The Labute approximate surface area is 161 Å². The summed E-state index contributed by atoms with van der Waals surface area (Å²) < 4.78 is 5.44. The van der Waals surface area contributed by atoms with Crippen LogP contribution in [0.5, 0.6) is 5.75 Å². The molecule has 3 heterocycles. The molecule has 0 unspecified atom stereocenters. The van der Waals surface area contributed by atoms with Crippen LogP contribution >= 0.6 is 0 Å². The molecular weight excluding hydrogens is 336 g/mol.